The Morgan fingerprint density at radius 1 is 1.38 bits per heavy atom. The van der Waals surface area contributed by atoms with Crippen molar-refractivity contribution in [1.29, 1.82) is 0 Å². The molecule has 1 saturated heterocycles. The molecular formula is C15H18N2O3S. The van der Waals surface area contributed by atoms with E-state index in [-0.39, 0.29) is 23.5 Å². The summed E-state index contributed by atoms with van der Waals surface area (Å²) in [6.45, 7) is 2.40. The van der Waals surface area contributed by atoms with E-state index in [1.807, 2.05) is 25.1 Å². The van der Waals surface area contributed by atoms with Crippen LogP contribution in [-0.2, 0) is 9.84 Å². The van der Waals surface area contributed by atoms with E-state index in [0.717, 1.165) is 10.9 Å². The van der Waals surface area contributed by atoms with Crippen molar-refractivity contribution in [2.45, 2.75) is 19.4 Å². The molecule has 2 heterocycles. The van der Waals surface area contributed by atoms with E-state index in [9.17, 15) is 13.2 Å². The molecule has 1 aromatic carbocycles. The highest BCUT2D eigenvalue weighted by molar-refractivity contribution is 7.91. The molecule has 0 aliphatic carbocycles. The highest BCUT2D eigenvalue weighted by atomic mass is 32.2. The molecule has 1 unspecified atom stereocenters. The number of aromatic nitrogens is 1. The first-order valence-electron chi connectivity index (χ1n) is 7.09. The number of nitrogens with zero attached hydrogens (tertiary/aromatic N) is 1. The fourth-order valence-corrected chi connectivity index (χ4v) is 4.74. The SMILES string of the molecule is CCN(C(=O)c1cccc2cc[nH]c12)C1CCS(=O)(=O)C1. The number of aromatic amines is 1. The van der Waals surface area contributed by atoms with E-state index < -0.39 is 9.84 Å². The van der Waals surface area contributed by atoms with Crippen molar-refractivity contribution in [3.63, 3.8) is 0 Å². The molecule has 6 heteroatoms. The van der Waals surface area contributed by atoms with Crippen LogP contribution in [0.5, 0.6) is 0 Å². The third-order valence-electron chi connectivity index (χ3n) is 4.07. The Hall–Kier alpha value is -1.82. The molecule has 1 N–H and O–H groups in total. The number of rotatable bonds is 3. The van der Waals surface area contributed by atoms with Crippen LogP contribution >= 0.6 is 0 Å². The Bertz CT molecular complexity index is 779. The first kappa shape index (κ1) is 14.1. The maximum atomic E-state index is 12.8. The normalized spacial score (nSPS) is 20.7. The van der Waals surface area contributed by atoms with Gasteiger partial charge in [-0.3, -0.25) is 4.79 Å². The van der Waals surface area contributed by atoms with Crippen molar-refractivity contribution < 1.29 is 13.2 Å². The van der Waals surface area contributed by atoms with Gasteiger partial charge in [0.1, 0.15) is 0 Å². The summed E-state index contributed by atoms with van der Waals surface area (Å²) >= 11 is 0. The molecular weight excluding hydrogens is 288 g/mol. The van der Waals surface area contributed by atoms with E-state index >= 15 is 0 Å². The zero-order valence-corrected chi connectivity index (χ0v) is 12.7. The predicted octanol–water partition coefficient (Wildman–Crippen LogP) is 1.82. The zero-order valence-electron chi connectivity index (χ0n) is 11.9. The van der Waals surface area contributed by atoms with Crippen LogP contribution in [0.15, 0.2) is 30.5 Å². The summed E-state index contributed by atoms with van der Waals surface area (Å²) in [6, 6.07) is 7.29. The van der Waals surface area contributed by atoms with Gasteiger partial charge in [0.05, 0.1) is 22.6 Å². The molecule has 1 aliphatic heterocycles. The number of carbonyl (C=O) groups is 1. The standard InChI is InChI=1S/C15H18N2O3S/c1-2-17(12-7-9-21(19,20)10-12)15(18)13-5-3-4-11-6-8-16-14(11)13/h3-6,8,12,16H,2,7,9-10H2,1H3. The molecule has 0 bridgehead atoms. The summed E-state index contributed by atoms with van der Waals surface area (Å²) in [5, 5.41) is 0.982. The van der Waals surface area contributed by atoms with Crippen molar-refractivity contribution in [1.82, 2.24) is 9.88 Å². The molecule has 2 aromatic rings. The number of para-hydroxylation sites is 1. The average molecular weight is 306 g/mol. The van der Waals surface area contributed by atoms with Crippen LogP contribution in [0.1, 0.15) is 23.7 Å². The van der Waals surface area contributed by atoms with Gasteiger partial charge in [-0.1, -0.05) is 12.1 Å². The number of sulfone groups is 1. The fourth-order valence-electron chi connectivity index (χ4n) is 3.01. The average Bonchev–Trinajstić information content (AvgIpc) is 3.05. The quantitative estimate of drug-likeness (QED) is 0.940. The highest BCUT2D eigenvalue weighted by Crippen LogP contribution is 2.23. The third-order valence-corrected chi connectivity index (χ3v) is 5.82. The minimum absolute atomic E-state index is 0.0767. The Labute approximate surface area is 123 Å². The highest BCUT2D eigenvalue weighted by Gasteiger charge is 2.34. The monoisotopic (exact) mass is 306 g/mol. The van der Waals surface area contributed by atoms with E-state index in [1.54, 1.807) is 17.2 Å². The molecule has 1 aromatic heterocycles. The van der Waals surface area contributed by atoms with Gasteiger partial charge in [-0.2, -0.15) is 0 Å². The number of H-pyrrole nitrogens is 1. The lowest BCUT2D eigenvalue weighted by atomic mass is 10.1. The summed E-state index contributed by atoms with van der Waals surface area (Å²) < 4.78 is 23.3. The number of amides is 1. The van der Waals surface area contributed by atoms with Gasteiger partial charge in [0, 0.05) is 24.2 Å². The summed E-state index contributed by atoms with van der Waals surface area (Å²) in [4.78, 5) is 17.6. The van der Waals surface area contributed by atoms with E-state index in [2.05, 4.69) is 4.98 Å². The Morgan fingerprint density at radius 2 is 2.19 bits per heavy atom. The van der Waals surface area contributed by atoms with Gasteiger partial charge in [0.2, 0.25) is 0 Å². The zero-order chi connectivity index (χ0) is 15.0. The summed E-state index contributed by atoms with van der Waals surface area (Å²) in [5.41, 5.74) is 1.41. The summed E-state index contributed by atoms with van der Waals surface area (Å²) in [7, 11) is -3.00. The smallest absolute Gasteiger partial charge is 0.256 e. The topological polar surface area (TPSA) is 70.2 Å². The van der Waals surface area contributed by atoms with Crippen LogP contribution in [0.25, 0.3) is 10.9 Å². The lowest BCUT2D eigenvalue weighted by Gasteiger charge is -2.27. The van der Waals surface area contributed by atoms with Gasteiger partial charge in [-0.25, -0.2) is 8.42 Å². The molecule has 0 spiro atoms. The number of hydrogen-bond donors (Lipinski definition) is 1. The minimum Gasteiger partial charge on any atom is -0.361 e. The lowest BCUT2D eigenvalue weighted by molar-refractivity contribution is 0.0710. The Balaban J connectivity index is 1.94. The van der Waals surface area contributed by atoms with Crippen molar-refractivity contribution in [3.05, 3.63) is 36.0 Å². The molecule has 1 amide bonds. The lowest BCUT2D eigenvalue weighted by Crippen LogP contribution is -2.41. The number of fused-ring (bicyclic) bond motifs is 1. The van der Waals surface area contributed by atoms with E-state index in [1.165, 1.54) is 0 Å². The maximum absolute atomic E-state index is 12.8. The molecule has 21 heavy (non-hydrogen) atoms. The maximum Gasteiger partial charge on any atom is 0.256 e. The third kappa shape index (κ3) is 2.55. The first-order chi connectivity index (χ1) is 10.0. The molecule has 112 valence electrons. The predicted molar refractivity (Wildman–Crippen MR) is 82.1 cm³/mol. The molecule has 1 aliphatic rings. The molecule has 0 saturated carbocycles. The van der Waals surface area contributed by atoms with Gasteiger partial charge in [-0.15, -0.1) is 0 Å². The van der Waals surface area contributed by atoms with Gasteiger partial charge >= 0.3 is 0 Å². The van der Waals surface area contributed by atoms with Crippen molar-refractivity contribution in [3.8, 4) is 0 Å². The minimum atomic E-state index is -3.00. The van der Waals surface area contributed by atoms with E-state index in [0.29, 0.717) is 18.5 Å². The Morgan fingerprint density at radius 3 is 2.86 bits per heavy atom. The van der Waals surface area contributed by atoms with Crippen LogP contribution in [-0.4, -0.2) is 48.3 Å². The van der Waals surface area contributed by atoms with Crippen LogP contribution < -0.4 is 0 Å². The van der Waals surface area contributed by atoms with Gasteiger partial charge in [-0.05, 0) is 25.5 Å². The summed E-state index contributed by atoms with van der Waals surface area (Å²) in [5.74, 6) is 0.147. The van der Waals surface area contributed by atoms with Crippen LogP contribution in [0.3, 0.4) is 0 Å². The van der Waals surface area contributed by atoms with Crippen molar-refractivity contribution >= 4 is 26.6 Å². The first-order valence-corrected chi connectivity index (χ1v) is 8.91. The summed E-state index contributed by atoms with van der Waals surface area (Å²) in [6.07, 6.45) is 2.33. The van der Waals surface area contributed by atoms with Gasteiger partial charge in [0.25, 0.3) is 5.91 Å². The number of nitrogens with one attached hydrogen (secondary N) is 1. The second kappa shape index (κ2) is 5.18. The molecule has 1 fully saturated rings. The molecule has 1 atom stereocenters. The molecule has 3 rings (SSSR count). The molecule has 0 radical (unpaired) electrons. The number of hydrogen-bond acceptors (Lipinski definition) is 3. The van der Waals surface area contributed by atoms with Crippen LogP contribution in [0.4, 0.5) is 0 Å². The largest absolute Gasteiger partial charge is 0.361 e. The van der Waals surface area contributed by atoms with Crippen LogP contribution in [0.2, 0.25) is 0 Å². The number of carbonyl (C=O) groups excluding carboxylic acids is 1. The number of benzene rings is 1. The molecule has 5 nitrogen and oxygen atoms in total. The Kier molecular flexibility index (Phi) is 3.49. The second-order valence-corrected chi connectivity index (χ2v) is 7.62. The van der Waals surface area contributed by atoms with Gasteiger partial charge in [0.15, 0.2) is 9.84 Å². The fraction of sp³-hybridized carbons (Fsp3) is 0.400. The van der Waals surface area contributed by atoms with E-state index in [4.69, 9.17) is 0 Å². The van der Waals surface area contributed by atoms with Crippen LogP contribution in [0, 0.1) is 0 Å². The van der Waals surface area contributed by atoms with Gasteiger partial charge < -0.3 is 9.88 Å². The van der Waals surface area contributed by atoms with Crippen molar-refractivity contribution in [2.75, 3.05) is 18.1 Å². The van der Waals surface area contributed by atoms with Crippen molar-refractivity contribution in [2.24, 2.45) is 0 Å². The second-order valence-electron chi connectivity index (χ2n) is 5.40.